The number of anilines is 2. The van der Waals surface area contributed by atoms with Crippen molar-refractivity contribution < 1.29 is 12.8 Å². The molecule has 0 aliphatic heterocycles. The molecule has 4 rings (SSSR count). The molecular weight excluding hydrogens is 407 g/mol. The molecule has 0 unspecified atom stereocenters. The molecule has 0 amide bonds. The Kier molecular flexibility index (Phi) is 4.84. The van der Waals surface area contributed by atoms with Crippen molar-refractivity contribution in [3.8, 4) is 22.3 Å². The van der Waals surface area contributed by atoms with Crippen LogP contribution in [0.2, 0.25) is 0 Å². The lowest BCUT2D eigenvalue weighted by atomic mass is 10.0. The topological polar surface area (TPSA) is 138 Å². The largest absolute Gasteiger partial charge is 0.396 e. The van der Waals surface area contributed by atoms with Gasteiger partial charge in [0.15, 0.2) is 0 Å². The van der Waals surface area contributed by atoms with Gasteiger partial charge in [0.25, 0.3) is 5.16 Å². The molecule has 0 bridgehead atoms. The van der Waals surface area contributed by atoms with Crippen LogP contribution < -0.4 is 11.5 Å². The zero-order valence-corrected chi connectivity index (χ0v) is 16.2. The molecular formula is C20H15FN6O2S. The number of nitrogens with zero attached hydrogens (tertiary/aromatic N) is 4. The predicted octanol–water partition coefficient (Wildman–Crippen LogP) is 2.74. The van der Waals surface area contributed by atoms with E-state index in [1.807, 2.05) is 0 Å². The van der Waals surface area contributed by atoms with Gasteiger partial charge in [0.1, 0.15) is 5.82 Å². The van der Waals surface area contributed by atoms with Crippen molar-refractivity contribution in [1.82, 2.24) is 19.9 Å². The molecule has 8 nitrogen and oxygen atoms in total. The van der Waals surface area contributed by atoms with Crippen molar-refractivity contribution in [2.24, 2.45) is 0 Å². The number of sulfone groups is 1. The lowest BCUT2D eigenvalue weighted by Gasteiger charge is -2.11. The summed E-state index contributed by atoms with van der Waals surface area (Å²) in [6, 6.07) is 10.6. The van der Waals surface area contributed by atoms with Crippen LogP contribution in [-0.4, -0.2) is 28.4 Å². The summed E-state index contributed by atoms with van der Waals surface area (Å²) in [5.74, 6) is -0.475. The summed E-state index contributed by atoms with van der Waals surface area (Å²) < 4.78 is 41.0. The quantitative estimate of drug-likeness (QED) is 0.479. The number of hydrogen-bond acceptors (Lipinski definition) is 8. The van der Waals surface area contributed by atoms with Gasteiger partial charge in [-0.25, -0.2) is 32.7 Å². The van der Waals surface area contributed by atoms with E-state index in [4.69, 9.17) is 11.5 Å². The van der Waals surface area contributed by atoms with Crippen LogP contribution in [0.4, 0.5) is 16.0 Å². The molecule has 0 aliphatic carbocycles. The number of hydrogen-bond donors (Lipinski definition) is 2. The highest BCUT2D eigenvalue weighted by Gasteiger charge is 2.25. The first-order valence-electron chi connectivity index (χ1n) is 8.66. The average Bonchev–Trinajstić information content (AvgIpc) is 2.75. The normalized spacial score (nSPS) is 11.4. The summed E-state index contributed by atoms with van der Waals surface area (Å²) >= 11 is 0. The van der Waals surface area contributed by atoms with Crippen LogP contribution in [0, 0.1) is 5.82 Å². The fraction of sp³-hybridized carbons (Fsp3) is 0. The van der Waals surface area contributed by atoms with E-state index in [1.54, 1.807) is 24.3 Å². The minimum absolute atomic E-state index is 0.0438. The monoisotopic (exact) mass is 422 g/mol. The molecule has 2 aromatic heterocycles. The molecule has 0 fully saturated rings. The van der Waals surface area contributed by atoms with E-state index in [0.29, 0.717) is 16.7 Å². The SMILES string of the molecule is Nc1cnc(S(=O)(=O)c2ccccc2-c2ccc(-c3cnc(N)nc3)c(F)c2)nc1. The Morgan fingerprint density at radius 2 is 1.43 bits per heavy atom. The fourth-order valence-corrected chi connectivity index (χ4v) is 4.21. The number of nitrogen functional groups attached to an aromatic ring is 2. The summed E-state index contributed by atoms with van der Waals surface area (Å²) in [7, 11) is -4.05. The molecule has 0 atom stereocenters. The van der Waals surface area contributed by atoms with Gasteiger partial charge in [-0.15, -0.1) is 0 Å². The maximum absolute atomic E-state index is 14.8. The second kappa shape index (κ2) is 7.48. The van der Waals surface area contributed by atoms with Crippen LogP contribution in [0.25, 0.3) is 22.3 Å². The number of rotatable bonds is 4. The van der Waals surface area contributed by atoms with E-state index >= 15 is 0 Å². The third kappa shape index (κ3) is 3.55. The predicted molar refractivity (Wildman–Crippen MR) is 109 cm³/mol. The number of halogens is 1. The Hall–Kier alpha value is -3.92. The van der Waals surface area contributed by atoms with Gasteiger partial charge in [0, 0.05) is 29.1 Å². The summed E-state index contributed by atoms with van der Waals surface area (Å²) in [5.41, 5.74) is 12.7. The number of aromatic nitrogens is 4. The van der Waals surface area contributed by atoms with E-state index in [9.17, 15) is 12.8 Å². The Bertz CT molecular complexity index is 1330. The van der Waals surface area contributed by atoms with Gasteiger partial charge in [-0.05, 0) is 17.7 Å². The van der Waals surface area contributed by atoms with Gasteiger partial charge < -0.3 is 11.5 Å². The zero-order valence-electron chi connectivity index (χ0n) is 15.4. The van der Waals surface area contributed by atoms with E-state index < -0.39 is 15.7 Å². The van der Waals surface area contributed by atoms with Gasteiger partial charge in [-0.3, -0.25) is 0 Å². The first kappa shape index (κ1) is 19.4. The highest BCUT2D eigenvalue weighted by Crippen LogP contribution is 2.33. The van der Waals surface area contributed by atoms with E-state index in [0.717, 1.165) is 0 Å². The fourth-order valence-electron chi connectivity index (χ4n) is 2.90. The van der Waals surface area contributed by atoms with Crippen LogP contribution in [0.5, 0.6) is 0 Å². The highest BCUT2D eigenvalue weighted by molar-refractivity contribution is 7.91. The first-order valence-corrected chi connectivity index (χ1v) is 10.1. The van der Waals surface area contributed by atoms with Gasteiger partial charge in [0.2, 0.25) is 15.8 Å². The minimum atomic E-state index is -4.05. The van der Waals surface area contributed by atoms with Crippen molar-refractivity contribution in [3.63, 3.8) is 0 Å². The van der Waals surface area contributed by atoms with Gasteiger partial charge in [0.05, 0.1) is 23.0 Å². The summed E-state index contributed by atoms with van der Waals surface area (Å²) in [5, 5.41) is -0.389. The molecule has 0 aliphatic rings. The molecule has 4 aromatic rings. The molecule has 4 N–H and O–H groups in total. The van der Waals surface area contributed by atoms with Crippen LogP contribution in [0.1, 0.15) is 0 Å². The highest BCUT2D eigenvalue weighted by atomic mass is 32.2. The van der Waals surface area contributed by atoms with Crippen molar-refractivity contribution in [1.29, 1.82) is 0 Å². The third-order valence-corrected chi connectivity index (χ3v) is 5.95. The summed E-state index contributed by atoms with van der Waals surface area (Å²) in [6.07, 6.45) is 5.26. The Morgan fingerprint density at radius 3 is 2.10 bits per heavy atom. The molecule has 2 aromatic carbocycles. The van der Waals surface area contributed by atoms with E-state index in [1.165, 1.54) is 43.0 Å². The number of nitrogens with two attached hydrogens (primary N) is 2. The van der Waals surface area contributed by atoms with E-state index in [-0.39, 0.29) is 27.3 Å². The van der Waals surface area contributed by atoms with Crippen LogP contribution in [0.15, 0.2) is 77.3 Å². The van der Waals surface area contributed by atoms with Crippen molar-refractivity contribution >= 4 is 21.5 Å². The van der Waals surface area contributed by atoms with Gasteiger partial charge in [-0.2, -0.15) is 0 Å². The van der Waals surface area contributed by atoms with Crippen molar-refractivity contribution in [3.05, 3.63) is 73.1 Å². The molecule has 0 saturated heterocycles. The molecule has 150 valence electrons. The zero-order chi connectivity index (χ0) is 21.3. The lowest BCUT2D eigenvalue weighted by molar-refractivity contribution is 0.587. The summed E-state index contributed by atoms with van der Waals surface area (Å²) in [6.45, 7) is 0. The average molecular weight is 422 g/mol. The maximum atomic E-state index is 14.8. The summed E-state index contributed by atoms with van der Waals surface area (Å²) in [4.78, 5) is 15.3. The third-order valence-electron chi connectivity index (χ3n) is 4.33. The lowest BCUT2D eigenvalue weighted by Crippen LogP contribution is -2.09. The molecule has 0 radical (unpaired) electrons. The van der Waals surface area contributed by atoms with Crippen molar-refractivity contribution in [2.75, 3.05) is 11.5 Å². The maximum Gasteiger partial charge on any atom is 0.252 e. The molecule has 10 heteroatoms. The standard InChI is InChI=1S/C20H15FN6O2S/c21-17-7-12(5-6-15(17)13-8-24-19(23)25-9-13)16-3-1-2-4-18(16)30(28,29)20-26-10-14(22)11-27-20/h1-11H,22H2,(H2,23,24,25). The van der Waals surface area contributed by atoms with Crippen LogP contribution in [-0.2, 0) is 9.84 Å². The number of benzene rings is 2. The Morgan fingerprint density at radius 1 is 0.767 bits per heavy atom. The van der Waals surface area contributed by atoms with Gasteiger partial charge >= 0.3 is 0 Å². The minimum Gasteiger partial charge on any atom is -0.396 e. The second-order valence-electron chi connectivity index (χ2n) is 6.32. The van der Waals surface area contributed by atoms with E-state index in [2.05, 4.69) is 19.9 Å². The van der Waals surface area contributed by atoms with Gasteiger partial charge in [-0.1, -0.05) is 30.3 Å². The Labute approximate surface area is 171 Å². The van der Waals surface area contributed by atoms with Crippen LogP contribution in [0.3, 0.4) is 0 Å². The van der Waals surface area contributed by atoms with Crippen LogP contribution >= 0.6 is 0 Å². The second-order valence-corrected chi connectivity index (χ2v) is 8.13. The smallest absolute Gasteiger partial charge is 0.252 e. The first-order chi connectivity index (χ1) is 14.4. The Balaban J connectivity index is 1.80. The van der Waals surface area contributed by atoms with Crippen molar-refractivity contribution in [2.45, 2.75) is 10.1 Å². The molecule has 30 heavy (non-hydrogen) atoms. The molecule has 0 spiro atoms. The molecule has 0 saturated carbocycles. The molecule has 2 heterocycles.